The second kappa shape index (κ2) is 7.53. The zero-order valence-corrected chi connectivity index (χ0v) is 13.6. The molecule has 1 heterocycles. The molecule has 1 atom stereocenters. The summed E-state index contributed by atoms with van der Waals surface area (Å²) >= 11 is 1.73. The first-order valence-corrected chi connectivity index (χ1v) is 8.51. The Bertz CT molecular complexity index is 629. The number of hydrogen-bond donors (Lipinski definition) is 1. The predicted molar refractivity (Wildman–Crippen MR) is 90.5 cm³/mol. The SMILES string of the molecule is O=C(NC[C@@]1(CSc2ccccc2)CO1)OCc1ccccc1. The molecule has 2 aromatic carbocycles. The fourth-order valence-corrected chi connectivity index (χ4v) is 3.13. The maximum atomic E-state index is 11.8. The average molecular weight is 329 g/mol. The lowest BCUT2D eigenvalue weighted by Crippen LogP contribution is -2.36. The van der Waals surface area contributed by atoms with E-state index in [1.54, 1.807) is 11.8 Å². The molecule has 4 nitrogen and oxygen atoms in total. The second-order valence-corrected chi connectivity index (χ2v) is 6.54. The Morgan fingerprint density at radius 2 is 1.78 bits per heavy atom. The van der Waals surface area contributed by atoms with Gasteiger partial charge in [0.1, 0.15) is 12.2 Å². The molecule has 1 saturated heterocycles. The maximum Gasteiger partial charge on any atom is 0.407 e. The van der Waals surface area contributed by atoms with E-state index < -0.39 is 6.09 Å². The van der Waals surface area contributed by atoms with E-state index in [1.807, 2.05) is 48.5 Å². The van der Waals surface area contributed by atoms with Gasteiger partial charge in [0.05, 0.1) is 13.2 Å². The van der Waals surface area contributed by atoms with Crippen molar-refractivity contribution >= 4 is 17.9 Å². The minimum Gasteiger partial charge on any atom is -0.445 e. The first-order chi connectivity index (χ1) is 11.3. The highest BCUT2D eigenvalue weighted by Crippen LogP contribution is 2.33. The first kappa shape index (κ1) is 15.9. The van der Waals surface area contributed by atoms with E-state index in [-0.39, 0.29) is 12.2 Å². The van der Waals surface area contributed by atoms with Crippen LogP contribution in [0.5, 0.6) is 0 Å². The Balaban J connectivity index is 1.38. The standard InChI is InChI=1S/C18H19NO3S/c20-17(21-11-15-7-3-1-4-8-15)19-12-18(13-22-18)14-23-16-9-5-2-6-10-16/h1-10H,11-14H2,(H,19,20)/t18-/m0/s1. The number of rotatable bonds is 7. The van der Waals surface area contributed by atoms with Gasteiger partial charge in [-0.2, -0.15) is 0 Å². The average Bonchev–Trinajstić information content (AvgIpc) is 3.39. The van der Waals surface area contributed by atoms with Gasteiger partial charge in [-0.25, -0.2) is 4.79 Å². The number of carbonyl (C=O) groups excluding carboxylic acids is 1. The highest BCUT2D eigenvalue weighted by atomic mass is 32.2. The summed E-state index contributed by atoms with van der Waals surface area (Å²) in [5, 5.41) is 2.79. The van der Waals surface area contributed by atoms with Gasteiger partial charge in [0.15, 0.2) is 0 Å². The summed E-state index contributed by atoms with van der Waals surface area (Å²) in [5.74, 6) is 0.815. The summed E-state index contributed by atoms with van der Waals surface area (Å²) in [6.07, 6.45) is -0.409. The summed E-state index contributed by atoms with van der Waals surface area (Å²) in [7, 11) is 0. The Kier molecular flexibility index (Phi) is 5.20. The smallest absolute Gasteiger partial charge is 0.407 e. The molecule has 0 aromatic heterocycles. The quantitative estimate of drug-likeness (QED) is 0.624. The van der Waals surface area contributed by atoms with Crippen LogP contribution in [0.4, 0.5) is 4.79 Å². The first-order valence-electron chi connectivity index (χ1n) is 7.52. The lowest BCUT2D eigenvalue weighted by Gasteiger charge is -2.13. The van der Waals surface area contributed by atoms with Gasteiger partial charge < -0.3 is 14.8 Å². The lowest BCUT2D eigenvalue weighted by atomic mass is 10.2. The van der Waals surface area contributed by atoms with Gasteiger partial charge in [-0.1, -0.05) is 48.5 Å². The van der Waals surface area contributed by atoms with E-state index in [4.69, 9.17) is 9.47 Å². The van der Waals surface area contributed by atoms with Crippen molar-refractivity contribution in [1.82, 2.24) is 5.32 Å². The number of epoxide rings is 1. The largest absolute Gasteiger partial charge is 0.445 e. The fraction of sp³-hybridized carbons (Fsp3) is 0.278. The third-order valence-electron chi connectivity index (χ3n) is 3.57. The van der Waals surface area contributed by atoms with Crippen molar-refractivity contribution < 1.29 is 14.3 Å². The summed E-state index contributed by atoms with van der Waals surface area (Å²) in [5.41, 5.74) is 0.714. The van der Waals surface area contributed by atoms with Crippen LogP contribution in [0, 0.1) is 0 Å². The molecule has 1 aliphatic rings. The normalized spacial score (nSPS) is 19.1. The summed E-state index contributed by atoms with van der Waals surface area (Å²) < 4.78 is 10.7. The van der Waals surface area contributed by atoms with E-state index in [1.165, 1.54) is 4.90 Å². The molecular weight excluding hydrogens is 310 g/mol. The minimum absolute atomic E-state index is 0.258. The van der Waals surface area contributed by atoms with E-state index in [0.29, 0.717) is 13.2 Å². The second-order valence-electron chi connectivity index (χ2n) is 5.49. The molecule has 0 radical (unpaired) electrons. The number of nitrogens with one attached hydrogen (secondary N) is 1. The molecule has 0 spiro atoms. The Hall–Kier alpha value is -1.98. The molecule has 0 aliphatic carbocycles. The number of thioether (sulfide) groups is 1. The molecule has 0 bridgehead atoms. The van der Waals surface area contributed by atoms with Gasteiger partial charge in [0.2, 0.25) is 0 Å². The Morgan fingerprint density at radius 3 is 2.43 bits per heavy atom. The number of benzene rings is 2. The molecule has 2 aromatic rings. The van der Waals surface area contributed by atoms with Gasteiger partial charge in [-0.3, -0.25) is 0 Å². The predicted octanol–water partition coefficient (Wildman–Crippen LogP) is 3.47. The number of ether oxygens (including phenoxy) is 2. The summed E-state index contributed by atoms with van der Waals surface area (Å²) in [6.45, 7) is 1.42. The maximum absolute atomic E-state index is 11.8. The molecule has 3 rings (SSSR count). The number of amides is 1. The molecular formula is C18H19NO3S. The van der Waals surface area contributed by atoms with Crippen molar-refractivity contribution in [3.8, 4) is 0 Å². The van der Waals surface area contributed by atoms with Crippen LogP contribution in [0.2, 0.25) is 0 Å². The van der Waals surface area contributed by atoms with E-state index in [0.717, 1.165) is 11.3 Å². The van der Waals surface area contributed by atoms with Crippen LogP contribution in [0.15, 0.2) is 65.6 Å². The van der Waals surface area contributed by atoms with E-state index >= 15 is 0 Å². The van der Waals surface area contributed by atoms with Gasteiger partial charge in [0.25, 0.3) is 0 Å². The van der Waals surface area contributed by atoms with E-state index in [9.17, 15) is 4.79 Å². The van der Waals surface area contributed by atoms with Crippen LogP contribution in [0.1, 0.15) is 5.56 Å². The monoisotopic (exact) mass is 329 g/mol. The minimum atomic E-state index is -0.409. The molecule has 1 N–H and O–H groups in total. The molecule has 23 heavy (non-hydrogen) atoms. The third-order valence-corrected chi connectivity index (χ3v) is 4.84. The molecule has 1 amide bonds. The summed E-state index contributed by atoms with van der Waals surface area (Å²) in [6, 6.07) is 19.8. The van der Waals surface area contributed by atoms with Crippen LogP contribution in [0.25, 0.3) is 0 Å². The van der Waals surface area contributed by atoms with Gasteiger partial charge in [-0.15, -0.1) is 11.8 Å². The topological polar surface area (TPSA) is 50.9 Å². The van der Waals surface area contributed by atoms with Crippen molar-refractivity contribution in [1.29, 1.82) is 0 Å². The molecule has 1 fully saturated rings. The zero-order valence-electron chi connectivity index (χ0n) is 12.7. The Morgan fingerprint density at radius 1 is 1.13 bits per heavy atom. The van der Waals surface area contributed by atoms with Crippen molar-refractivity contribution in [2.75, 3.05) is 18.9 Å². The molecule has 0 saturated carbocycles. The van der Waals surface area contributed by atoms with Crippen molar-refractivity contribution in [2.45, 2.75) is 17.1 Å². The van der Waals surface area contributed by atoms with Crippen LogP contribution in [-0.2, 0) is 16.1 Å². The van der Waals surface area contributed by atoms with Crippen LogP contribution in [0.3, 0.4) is 0 Å². The molecule has 1 aliphatic heterocycles. The lowest BCUT2D eigenvalue weighted by molar-refractivity contribution is 0.137. The van der Waals surface area contributed by atoms with Gasteiger partial charge in [0, 0.05) is 10.6 Å². The third kappa shape index (κ3) is 5.01. The number of alkyl carbamates (subject to hydrolysis) is 1. The highest BCUT2D eigenvalue weighted by Gasteiger charge is 2.45. The van der Waals surface area contributed by atoms with Crippen molar-refractivity contribution in [3.63, 3.8) is 0 Å². The van der Waals surface area contributed by atoms with Crippen molar-refractivity contribution in [3.05, 3.63) is 66.2 Å². The van der Waals surface area contributed by atoms with E-state index in [2.05, 4.69) is 17.4 Å². The number of carbonyl (C=O) groups is 1. The molecule has 0 unspecified atom stereocenters. The highest BCUT2D eigenvalue weighted by molar-refractivity contribution is 7.99. The van der Waals surface area contributed by atoms with Crippen molar-refractivity contribution in [2.24, 2.45) is 0 Å². The van der Waals surface area contributed by atoms with Gasteiger partial charge in [-0.05, 0) is 17.7 Å². The van der Waals surface area contributed by atoms with Crippen LogP contribution in [-0.4, -0.2) is 30.6 Å². The Labute approximate surface area is 140 Å². The molecule has 5 heteroatoms. The van der Waals surface area contributed by atoms with Gasteiger partial charge >= 0.3 is 6.09 Å². The fourth-order valence-electron chi connectivity index (χ4n) is 2.08. The number of hydrogen-bond acceptors (Lipinski definition) is 4. The zero-order chi connectivity index (χ0) is 16.0. The summed E-state index contributed by atoms with van der Waals surface area (Å²) in [4.78, 5) is 13.0. The molecule has 120 valence electrons. The van der Waals surface area contributed by atoms with Crippen LogP contribution >= 0.6 is 11.8 Å². The van der Waals surface area contributed by atoms with Crippen LogP contribution < -0.4 is 5.32 Å².